The number of sulfonamides is 1. The van der Waals surface area contributed by atoms with Gasteiger partial charge in [-0.25, -0.2) is 0 Å². The van der Waals surface area contributed by atoms with Crippen LogP contribution in [0.4, 0.5) is 0 Å². The Morgan fingerprint density at radius 1 is 0.765 bits per heavy atom. The second-order valence-electron chi connectivity index (χ2n) is 9.18. The van der Waals surface area contributed by atoms with Crippen molar-refractivity contribution in [3.05, 3.63) is 90.5 Å². The molecule has 0 saturated carbocycles. The molecule has 0 heterocycles. The van der Waals surface area contributed by atoms with Gasteiger partial charge in [0.05, 0.1) is 4.90 Å². The van der Waals surface area contributed by atoms with Gasteiger partial charge < -0.3 is 0 Å². The molecule has 0 unspecified atom stereocenters. The summed E-state index contributed by atoms with van der Waals surface area (Å²) >= 11 is 0. The van der Waals surface area contributed by atoms with Crippen molar-refractivity contribution in [3.63, 3.8) is 0 Å². The molecule has 3 aromatic carbocycles. The lowest BCUT2D eigenvalue weighted by Crippen LogP contribution is -2.20. The zero-order chi connectivity index (χ0) is 24.8. The maximum Gasteiger partial charge on any atom is 0.281 e. The van der Waals surface area contributed by atoms with Gasteiger partial charge in [0.2, 0.25) is 0 Å². The van der Waals surface area contributed by atoms with Crippen molar-refractivity contribution in [1.29, 1.82) is 0 Å². The number of nitrogens with zero attached hydrogens (tertiary/aromatic N) is 1. The Labute approximate surface area is 207 Å². The van der Waals surface area contributed by atoms with E-state index in [1.807, 2.05) is 48.5 Å². The molecule has 0 saturated heterocycles. The third-order valence-electron chi connectivity index (χ3n) is 6.12. The average Bonchev–Trinajstić information content (AvgIpc) is 2.83. The van der Waals surface area contributed by atoms with Crippen LogP contribution in [0.2, 0.25) is 0 Å². The Bertz CT molecular complexity index is 1150. The first-order chi connectivity index (χ1) is 16.2. The van der Waals surface area contributed by atoms with Crippen LogP contribution < -0.4 is 10.6 Å². The normalized spacial score (nSPS) is 12.5. The lowest BCUT2D eigenvalue weighted by Gasteiger charge is -2.40. The van der Waals surface area contributed by atoms with Crippen LogP contribution in [0.3, 0.4) is 0 Å². The highest BCUT2D eigenvalue weighted by molar-refractivity contribution is 8.41. The fourth-order valence-electron chi connectivity index (χ4n) is 4.37. The molecule has 0 aliphatic heterocycles. The van der Waals surface area contributed by atoms with Crippen LogP contribution in [0.1, 0.15) is 53.0 Å². The minimum absolute atomic E-state index is 0.123. The maximum atomic E-state index is 13.8. The molecule has 34 heavy (non-hydrogen) atoms. The van der Waals surface area contributed by atoms with E-state index in [9.17, 15) is 8.42 Å². The number of hydrogen-bond acceptors (Lipinski definition) is 2. The predicted octanol–water partition coefficient (Wildman–Crippen LogP) is 7.78. The molecule has 3 rings (SSSR count). The largest absolute Gasteiger partial charge is 0.281 e. The molecule has 0 aliphatic carbocycles. The third-order valence-corrected chi connectivity index (χ3v) is 20.9. The topological polar surface area (TPSA) is 46.5 Å². The van der Waals surface area contributed by atoms with Gasteiger partial charge in [-0.1, -0.05) is 114 Å². The molecule has 0 bridgehead atoms. The lowest BCUT2D eigenvalue weighted by atomic mass is 10.1. The van der Waals surface area contributed by atoms with Crippen LogP contribution in [-0.4, -0.2) is 19.7 Å². The van der Waals surface area contributed by atoms with E-state index in [4.69, 9.17) is 4.15 Å². The standard InChI is InChI=1S/C28H37NO2P2S/c1-6-7-14-25-19-21-28(22-20-25)34(30,31)29-33(23(2)3,24(4)5)32(26-15-10-8-11-16-26)27-17-12-9-13-18-27/h8-13,15-24H,6-7,14H2,1-5H3. The molecule has 3 aromatic rings. The van der Waals surface area contributed by atoms with Crippen LogP contribution in [0, 0.1) is 0 Å². The summed E-state index contributed by atoms with van der Waals surface area (Å²) in [5.74, 6) is 0. The summed E-state index contributed by atoms with van der Waals surface area (Å²) in [5, 5.41) is 2.38. The van der Waals surface area contributed by atoms with E-state index in [1.165, 1.54) is 16.2 Å². The van der Waals surface area contributed by atoms with Crippen LogP contribution in [-0.2, 0) is 16.4 Å². The summed E-state index contributed by atoms with van der Waals surface area (Å²) in [5.41, 5.74) is 1.42. The highest BCUT2D eigenvalue weighted by Gasteiger charge is 2.40. The zero-order valence-corrected chi connectivity index (χ0v) is 23.5. The first-order valence-corrected chi connectivity index (χ1v) is 17.5. The highest BCUT2D eigenvalue weighted by Crippen LogP contribution is 2.81. The Kier molecular flexibility index (Phi) is 9.33. The maximum absolute atomic E-state index is 13.8. The van der Waals surface area contributed by atoms with E-state index >= 15 is 0 Å². The lowest BCUT2D eigenvalue weighted by molar-refractivity contribution is 0.598. The molecular weight excluding hydrogens is 476 g/mol. The van der Waals surface area contributed by atoms with Gasteiger partial charge in [0.25, 0.3) is 10.0 Å². The molecule has 0 spiro atoms. The molecule has 0 aliphatic rings. The van der Waals surface area contributed by atoms with E-state index in [2.05, 4.69) is 58.9 Å². The number of benzene rings is 3. The quantitative estimate of drug-likeness (QED) is 0.260. The fraction of sp³-hybridized carbons (Fsp3) is 0.357. The van der Waals surface area contributed by atoms with Gasteiger partial charge in [-0.3, -0.25) is 0 Å². The van der Waals surface area contributed by atoms with Crippen molar-refractivity contribution in [3.8, 4) is 0 Å². The molecule has 0 aromatic heterocycles. The molecule has 3 nitrogen and oxygen atoms in total. The Balaban J connectivity index is 2.25. The van der Waals surface area contributed by atoms with Crippen LogP contribution >= 0.6 is 14.4 Å². The summed E-state index contributed by atoms with van der Waals surface area (Å²) in [4.78, 5) is 0.300. The Morgan fingerprint density at radius 3 is 1.65 bits per heavy atom. The molecule has 182 valence electrons. The summed E-state index contributed by atoms with van der Waals surface area (Å²) in [6.45, 7) is 8.37. The molecule has 0 fully saturated rings. The van der Waals surface area contributed by atoms with Crippen molar-refractivity contribution in [2.24, 2.45) is 4.15 Å². The smallest absolute Gasteiger partial charge is 0.199 e. The monoisotopic (exact) mass is 513 g/mol. The van der Waals surface area contributed by atoms with Gasteiger partial charge in [-0.2, -0.15) is 12.6 Å². The number of hydrogen-bond donors (Lipinski definition) is 0. The Morgan fingerprint density at radius 2 is 1.24 bits per heavy atom. The first kappa shape index (κ1) is 26.9. The zero-order valence-electron chi connectivity index (χ0n) is 20.9. The molecule has 0 atom stereocenters. The van der Waals surface area contributed by atoms with Crippen molar-refractivity contribution in [2.75, 3.05) is 0 Å². The van der Waals surface area contributed by atoms with Crippen LogP contribution in [0.5, 0.6) is 0 Å². The Hall–Kier alpha value is -1.73. The number of aryl methyl sites for hydroxylation is 1. The predicted molar refractivity (Wildman–Crippen MR) is 151 cm³/mol. The molecule has 0 N–H and O–H groups in total. The van der Waals surface area contributed by atoms with E-state index in [1.54, 1.807) is 12.1 Å². The van der Waals surface area contributed by atoms with Gasteiger partial charge in [0.15, 0.2) is 0 Å². The minimum Gasteiger partial charge on any atom is -0.199 e. The molecule has 0 radical (unpaired) electrons. The van der Waals surface area contributed by atoms with Crippen molar-refractivity contribution in [2.45, 2.75) is 70.1 Å². The second-order valence-corrected chi connectivity index (χ2v) is 19.5. The van der Waals surface area contributed by atoms with Crippen LogP contribution in [0.15, 0.2) is 94.0 Å². The highest BCUT2D eigenvalue weighted by atomic mass is 32.2. The summed E-state index contributed by atoms with van der Waals surface area (Å²) in [7, 11) is -4.80. The van der Waals surface area contributed by atoms with E-state index in [-0.39, 0.29) is 11.3 Å². The SMILES string of the molecule is CCCCc1ccc(S(=O)(=O)N=P(C(C)C)(C(C)C)P(c2ccccc2)c2ccccc2)cc1. The summed E-state index contributed by atoms with van der Waals surface area (Å²) in [6, 6.07) is 28.2. The molecule has 0 amide bonds. The van der Waals surface area contributed by atoms with Crippen molar-refractivity contribution in [1.82, 2.24) is 0 Å². The van der Waals surface area contributed by atoms with Gasteiger partial charge >= 0.3 is 0 Å². The second kappa shape index (κ2) is 11.8. The summed E-state index contributed by atoms with van der Waals surface area (Å²) < 4.78 is 32.6. The summed E-state index contributed by atoms with van der Waals surface area (Å²) in [6.07, 6.45) is 3.19. The van der Waals surface area contributed by atoms with Crippen molar-refractivity contribution < 1.29 is 8.42 Å². The van der Waals surface area contributed by atoms with E-state index in [0.717, 1.165) is 19.3 Å². The minimum atomic E-state index is -3.82. The average molecular weight is 514 g/mol. The number of rotatable bonds is 10. The fourth-order valence-corrected chi connectivity index (χ4v) is 19.8. The van der Waals surface area contributed by atoms with E-state index < -0.39 is 24.4 Å². The van der Waals surface area contributed by atoms with Crippen molar-refractivity contribution >= 4 is 35.0 Å². The third kappa shape index (κ3) is 5.91. The van der Waals surface area contributed by atoms with E-state index in [0.29, 0.717) is 4.90 Å². The van der Waals surface area contributed by atoms with Gasteiger partial charge in [-0.05, 0) is 60.1 Å². The number of unbranched alkanes of at least 4 members (excludes halogenated alkanes) is 1. The molecular formula is C28H37NO2P2S. The van der Waals surface area contributed by atoms with Gasteiger partial charge in [-0.15, -0.1) is 0 Å². The first-order valence-electron chi connectivity index (χ1n) is 12.1. The van der Waals surface area contributed by atoms with Gasteiger partial charge in [0, 0.05) is 6.74 Å². The van der Waals surface area contributed by atoms with Gasteiger partial charge in [0.1, 0.15) is 0 Å². The van der Waals surface area contributed by atoms with Crippen LogP contribution in [0.25, 0.3) is 0 Å². The molecule has 6 heteroatoms.